The van der Waals surface area contributed by atoms with E-state index in [4.69, 9.17) is 14.5 Å². The Balaban J connectivity index is 1.52. The zero-order chi connectivity index (χ0) is 23.4. The number of methoxy groups -OCH3 is 1. The Morgan fingerprint density at radius 1 is 1.21 bits per heavy atom. The highest BCUT2D eigenvalue weighted by atomic mass is 32.1. The molecule has 0 radical (unpaired) electrons. The lowest BCUT2D eigenvalue weighted by Crippen LogP contribution is -2.26. The number of nitrogens with zero attached hydrogens (tertiary/aromatic N) is 3. The number of pyridine rings is 1. The van der Waals surface area contributed by atoms with Crippen molar-refractivity contribution in [2.24, 2.45) is 16.3 Å². The van der Waals surface area contributed by atoms with Crippen LogP contribution in [-0.2, 0) is 19.4 Å². The molecule has 1 aliphatic carbocycles. The molecule has 1 aliphatic rings. The van der Waals surface area contributed by atoms with Crippen LogP contribution in [0.25, 0.3) is 0 Å². The van der Waals surface area contributed by atoms with Crippen LogP contribution in [0.15, 0.2) is 47.7 Å². The van der Waals surface area contributed by atoms with Crippen molar-refractivity contribution >= 4 is 22.6 Å². The fourth-order valence-corrected chi connectivity index (χ4v) is 5.40. The number of nitriles is 1. The van der Waals surface area contributed by atoms with Gasteiger partial charge in [0.25, 0.3) is 0 Å². The van der Waals surface area contributed by atoms with Gasteiger partial charge in [-0.3, -0.25) is 4.98 Å². The summed E-state index contributed by atoms with van der Waals surface area (Å²) in [4.78, 5) is 10.1. The summed E-state index contributed by atoms with van der Waals surface area (Å²) in [6, 6.07) is 12.0. The van der Waals surface area contributed by atoms with Crippen LogP contribution in [-0.4, -0.2) is 18.3 Å². The van der Waals surface area contributed by atoms with Gasteiger partial charge in [0.05, 0.1) is 12.7 Å². The minimum atomic E-state index is 0.274. The SMILES string of the molecule is COc1cc(C=Nc2sc3c(c2C#N)CC[C@H](C(C)(C)C)C3)ccc1OCc1ccncc1. The Kier molecular flexibility index (Phi) is 6.80. The fourth-order valence-electron chi connectivity index (χ4n) is 4.17. The van der Waals surface area contributed by atoms with Gasteiger partial charge >= 0.3 is 0 Å². The van der Waals surface area contributed by atoms with Gasteiger partial charge in [-0.25, -0.2) is 4.99 Å². The largest absolute Gasteiger partial charge is 0.493 e. The molecule has 2 aromatic heterocycles. The average molecular weight is 460 g/mol. The molecule has 0 aliphatic heterocycles. The second-order valence-corrected chi connectivity index (χ2v) is 10.5. The van der Waals surface area contributed by atoms with Gasteiger partial charge in [0.15, 0.2) is 11.5 Å². The second kappa shape index (κ2) is 9.76. The van der Waals surface area contributed by atoms with E-state index in [9.17, 15) is 5.26 Å². The molecule has 5 nitrogen and oxygen atoms in total. The molecule has 33 heavy (non-hydrogen) atoms. The normalized spacial score (nSPS) is 15.8. The van der Waals surface area contributed by atoms with Crippen LogP contribution in [0.2, 0.25) is 0 Å². The first kappa shape index (κ1) is 23.0. The van der Waals surface area contributed by atoms with Crippen LogP contribution >= 0.6 is 11.3 Å². The number of ether oxygens (including phenoxy) is 2. The van der Waals surface area contributed by atoms with Crippen molar-refractivity contribution in [2.75, 3.05) is 7.11 Å². The lowest BCUT2D eigenvalue weighted by atomic mass is 9.72. The maximum Gasteiger partial charge on any atom is 0.161 e. The van der Waals surface area contributed by atoms with Crippen LogP contribution in [0, 0.1) is 22.7 Å². The third-order valence-electron chi connectivity index (χ3n) is 6.25. The predicted molar refractivity (Wildman–Crippen MR) is 133 cm³/mol. The smallest absolute Gasteiger partial charge is 0.161 e. The average Bonchev–Trinajstić information content (AvgIpc) is 3.18. The number of fused-ring (bicyclic) bond motifs is 1. The van der Waals surface area contributed by atoms with Crippen molar-refractivity contribution in [1.29, 1.82) is 5.26 Å². The minimum Gasteiger partial charge on any atom is -0.493 e. The third-order valence-corrected chi connectivity index (χ3v) is 7.41. The summed E-state index contributed by atoms with van der Waals surface area (Å²) in [5, 5.41) is 10.6. The van der Waals surface area contributed by atoms with Crippen molar-refractivity contribution in [3.05, 3.63) is 69.9 Å². The van der Waals surface area contributed by atoms with E-state index < -0.39 is 0 Å². The molecule has 0 spiro atoms. The van der Waals surface area contributed by atoms with Crippen molar-refractivity contribution in [2.45, 2.75) is 46.6 Å². The monoisotopic (exact) mass is 459 g/mol. The van der Waals surface area contributed by atoms with E-state index in [-0.39, 0.29) is 5.41 Å². The van der Waals surface area contributed by atoms with Crippen molar-refractivity contribution in [1.82, 2.24) is 4.98 Å². The van der Waals surface area contributed by atoms with E-state index in [1.165, 1.54) is 10.4 Å². The molecular formula is C27H29N3O2S. The highest BCUT2D eigenvalue weighted by Crippen LogP contribution is 2.45. The summed E-state index contributed by atoms with van der Waals surface area (Å²) in [5.41, 5.74) is 4.15. The number of rotatable bonds is 6. The van der Waals surface area contributed by atoms with Crippen molar-refractivity contribution in [3.8, 4) is 17.6 Å². The molecule has 3 aromatic rings. The van der Waals surface area contributed by atoms with Crippen LogP contribution in [0.3, 0.4) is 0 Å². The molecule has 2 heterocycles. The molecule has 0 fully saturated rings. The van der Waals surface area contributed by atoms with Gasteiger partial charge in [0.1, 0.15) is 17.7 Å². The van der Waals surface area contributed by atoms with Gasteiger partial charge in [0, 0.05) is 23.5 Å². The summed E-state index contributed by atoms with van der Waals surface area (Å²) in [5.74, 6) is 1.95. The summed E-state index contributed by atoms with van der Waals surface area (Å²) in [7, 11) is 1.63. The summed E-state index contributed by atoms with van der Waals surface area (Å²) in [6.07, 6.45) is 8.42. The van der Waals surface area contributed by atoms with Gasteiger partial charge in [-0.1, -0.05) is 20.8 Å². The van der Waals surface area contributed by atoms with E-state index in [0.717, 1.165) is 41.0 Å². The Morgan fingerprint density at radius 3 is 2.70 bits per heavy atom. The first-order chi connectivity index (χ1) is 15.9. The molecule has 1 atom stereocenters. The maximum atomic E-state index is 9.80. The molecule has 170 valence electrons. The zero-order valence-electron chi connectivity index (χ0n) is 19.6. The van der Waals surface area contributed by atoms with Gasteiger partial charge < -0.3 is 9.47 Å². The van der Waals surface area contributed by atoms with Gasteiger partial charge in [-0.15, -0.1) is 11.3 Å². The lowest BCUT2D eigenvalue weighted by Gasteiger charge is -2.33. The topological polar surface area (TPSA) is 67.5 Å². The lowest BCUT2D eigenvalue weighted by molar-refractivity contribution is 0.218. The van der Waals surface area contributed by atoms with Gasteiger partial charge in [-0.05, 0) is 77.6 Å². The number of benzene rings is 1. The summed E-state index contributed by atoms with van der Waals surface area (Å²) in [6.45, 7) is 7.35. The highest BCUT2D eigenvalue weighted by Gasteiger charge is 2.32. The summed E-state index contributed by atoms with van der Waals surface area (Å²) < 4.78 is 11.5. The first-order valence-corrected chi connectivity index (χ1v) is 12.0. The van der Waals surface area contributed by atoms with Crippen LogP contribution < -0.4 is 9.47 Å². The maximum absolute atomic E-state index is 9.80. The predicted octanol–water partition coefficient (Wildman–Crippen LogP) is 6.50. The number of thiophene rings is 1. The van der Waals surface area contributed by atoms with Gasteiger partial charge in [-0.2, -0.15) is 5.26 Å². The molecule has 1 aromatic carbocycles. The van der Waals surface area contributed by atoms with Crippen LogP contribution in [0.5, 0.6) is 11.5 Å². The number of hydrogen-bond acceptors (Lipinski definition) is 6. The zero-order valence-corrected chi connectivity index (χ0v) is 20.4. The number of hydrogen-bond donors (Lipinski definition) is 0. The first-order valence-electron chi connectivity index (χ1n) is 11.2. The van der Waals surface area contributed by atoms with E-state index >= 15 is 0 Å². The van der Waals surface area contributed by atoms with Gasteiger partial charge in [0.2, 0.25) is 0 Å². The fraction of sp³-hybridized carbons (Fsp3) is 0.370. The Hall–Kier alpha value is -3.17. The Labute approximate surface area is 199 Å². The van der Waals surface area contributed by atoms with E-state index in [1.807, 2.05) is 30.3 Å². The van der Waals surface area contributed by atoms with Crippen LogP contribution in [0.1, 0.15) is 54.3 Å². The highest BCUT2D eigenvalue weighted by molar-refractivity contribution is 7.16. The quantitative estimate of drug-likeness (QED) is 0.394. The Morgan fingerprint density at radius 2 is 2.00 bits per heavy atom. The molecule has 6 heteroatoms. The molecular weight excluding hydrogens is 430 g/mol. The van der Waals surface area contributed by atoms with E-state index in [2.05, 4.69) is 31.8 Å². The summed E-state index contributed by atoms with van der Waals surface area (Å²) >= 11 is 1.66. The standard InChI is InChI=1S/C27H29N3O2S/c1-27(2,3)20-6-7-21-22(15-28)26(33-25(21)14-20)30-16-19-5-8-23(24(13-19)31-4)32-17-18-9-11-29-12-10-18/h5,8-13,16,20H,6-7,14,17H2,1-4H3/t20-/m0/s1. The number of aromatic nitrogens is 1. The third kappa shape index (κ3) is 5.26. The second-order valence-electron chi connectivity index (χ2n) is 9.41. The van der Waals surface area contributed by atoms with E-state index in [0.29, 0.717) is 24.0 Å². The molecule has 0 saturated carbocycles. The molecule has 0 amide bonds. The minimum absolute atomic E-state index is 0.274. The molecule has 4 rings (SSSR count). The van der Waals surface area contributed by atoms with Crippen molar-refractivity contribution < 1.29 is 9.47 Å². The number of aliphatic imine (C=N–C) groups is 1. The molecule has 0 unspecified atom stereocenters. The van der Waals surface area contributed by atoms with Crippen molar-refractivity contribution in [3.63, 3.8) is 0 Å². The van der Waals surface area contributed by atoms with E-state index in [1.54, 1.807) is 37.1 Å². The Bertz CT molecular complexity index is 1190. The molecule has 0 bridgehead atoms. The molecule has 0 saturated heterocycles. The molecule has 0 N–H and O–H groups in total. The van der Waals surface area contributed by atoms with Crippen LogP contribution in [0.4, 0.5) is 5.00 Å².